The molecule has 0 saturated heterocycles. The number of fused-ring (bicyclic) bond motifs is 5. The maximum Gasteiger partial charge on any atom is 0.309 e. The molecule has 4 saturated carbocycles. The van der Waals surface area contributed by atoms with Crippen molar-refractivity contribution in [3.63, 3.8) is 0 Å². The Morgan fingerprint density at radius 2 is 1.75 bits per heavy atom. The van der Waals surface area contributed by atoms with Crippen molar-refractivity contribution in [3.05, 3.63) is 25.3 Å². The maximum atomic E-state index is 13.0. The van der Waals surface area contributed by atoms with E-state index in [4.69, 9.17) is 4.74 Å². The van der Waals surface area contributed by atoms with Crippen molar-refractivity contribution < 1.29 is 9.53 Å². The lowest BCUT2D eigenvalue weighted by Gasteiger charge is -2.36. The van der Waals surface area contributed by atoms with Gasteiger partial charge in [-0.25, -0.2) is 0 Å². The Balaban J connectivity index is 1.50. The van der Waals surface area contributed by atoms with Crippen molar-refractivity contribution in [3.8, 4) is 0 Å². The Hall–Kier alpha value is -1.05. The maximum absolute atomic E-state index is 13.0. The molecule has 7 unspecified atom stereocenters. The third-order valence-electron chi connectivity index (χ3n) is 8.05. The Morgan fingerprint density at radius 1 is 1.08 bits per heavy atom. The highest BCUT2D eigenvalue weighted by molar-refractivity contribution is 5.74. The molecule has 4 rings (SSSR count). The molecule has 4 fully saturated rings. The van der Waals surface area contributed by atoms with Crippen LogP contribution >= 0.6 is 0 Å². The van der Waals surface area contributed by atoms with Crippen LogP contribution in [-0.2, 0) is 9.53 Å². The Labute approximate surface area is 146 Å². The fourth-order valence-electron chi connectivity index (χ4n) is 6.93. The molecule has 0 amide bonds. The summed E-state index contributed by atoms with van der Waals surface area (Å²) in [6, 6.07) is 0. The lowest BCUT2D eigenvalue weighted by Crippen LogP contribution is -2.39. The van der Waals surface area contributed by atoms with Gasteiger partial charge in [0.25, 0.3) is 0 Å². The van der Waals surface area contributed by atoms with Crippen molar-refractivity contribution in [2.75, 3.05) is 0 Å². The van der Waals surface area contributed by atoms with Crippen LogP contribution in [0.1, 0.15) is 58.3 Å². The Kier molecular flexibility index (Phi) is 4.13. The molecular weight excluding hydrogens is 296 g/mol. The number of carbonyl (C=O) groups excluding carboxylic acids is 1. The van der Waals surface area contributed by atoms with Crippen LogP contribution in [-0.4, -0.2) is 11.6 Å². The van der Waals surface area contributed by atoms with Crippen LogP contribution in [0.25, 0.3) is 0 Å². The standard InChI is InChI=1S/C22H32O2/c1-4-14-11-15(5-2)20-17-12-16(19(14)20)13-18(17)21(23)24-22(6-3)9-7-8-10-22/h4-5,14-20H,1-2,6-13H2,3H3. The van der Waals surface area contributed by atoms with Gasteiger partial charge in [0, 0.05) is 0 Å². The van der Waals surface area contributed by atoms with E-state index in [0.717, 1.165) is 31.6 Å². The largest absolute Gasteiger partial charge is 0.459 e. The lowest BCUT2D eigenvalue weighted by molar-refractivity contribution is -0.168. The average Bonchev–Trinajstić information content (AvgIpc) is 3.34. The normalized spacial score (nSPS) is 45.1. The van der Waals surface area contributed by atoms with Crippen molar-refractivity contribution in [1.29, 1.82) is 0 Å². The number of ether oxygens (including phenoxy) is 1. The molecule has 2 nitrogen and oxygen atoms in total. The van der Waals surface area contributed by atoms with E-state index in [-0.39, 0.29) is 17.5 Å². The summed E-state index contributed by atoms with van der Waals surface area (Å²) < 4.78 is 6.17. The predicted molar refractivity (Wildman–Crippen MR) is 96.3 cm³/mol. The minimum absolute atomic E-state index is 0.120. The van der Waals surface area contributed by atoms with Gasteiger partial charge in [-0.3, -0.25) is 4.79 Å². The second kappa shape index (κ2) is 6.04. The molecule has 2 bridgehead atoms. The SMILES string of the molecule is C=CC1CC(C=C)C2C3CC(CC3C(=O)OC3(CC)CCCC3)C12. The Bertz CT molecular complexity index is 530. The van der Waals surface area contributed by atoms with E-state index in [1.54, 1.807) is 0 Å². The summed E-state index contributed by atoms with van der Waals surface area (Å²) in [7, 11) is 0. The van der Waals surface area contributed by atoms with Gasteiger partial charge in [0.1, 0.15) is 5.60 Å². The monoisotopic (exact) mass is 328 g/mol. The molecule has 7 atom stereocenters. The van der Waals surface area contributed by atoms with Gasteiger partial charge >= 0.3 is 5.97 Å². The summed E-state index contributed by atoms with van der Waals surface area (Å²) in [6.45, 7) is 10.3. The van der Waals surface area contributed by atoms with Crippen LogP contribution in [0.5, 0.6) is 0 Å². The molecule has 0 radical (unpaired) electrons. The number of allylic oxidation sites excluding steroid dienone is 2. The molecule has 132 valence electrons. The summed E-state index contributed by atoms with van der Waals surface area (Å²) >= 11 is 0. The smallest absolute Gasteiger partial charge is 0.309 e. The van der Waals surface area contributed by atoms with Gasteiger partial charge in [0.15, 0.2) is 0 Å². The van der Waals surface area contributed by atoms with Gasteiger partial charge < -0.3 is 4.74 Å². The molecule has 0 aliphatic heterocycles. The first-order valence-corrected chi connectivity index (χ1v) is 10.1. The van der Waals surface area contributed by atoms with Crippen molar-refractivity contribution in [2.45, 2.75) is 63.9 Å². The molecule has 4 aliphatic rings. The van der Waals surface area contributed by atoms with Gasteiger partial charge in [-0.05, 0) is 86.9 Å². The fraction of sp³-hybridized carbons (Fsp3) is 0.773. The number of rotatable bonds is 5. The number of hydrogen-bond donors (Lipinski definition) is 0. The van der Waals surface area contributed by atoms with Crippen LogP contribution in [0.2, 0.25) is 0 Å². The minimum Gasteiger partial charge on any atom is -0.459 e. The molecule has 4 aliphatic carbocycles. The molecular formula is C22H32O2. The van der Waals surface area contributed by atoms with Crippen LogP contribution in [0.15, 0.2) is 25.3 Å². The van der Waals surface area contributed by atoms with E-state index in [1.165, 1.54) is 25.7 Å². The predicted octanol–water partition coefficient (Wildman–Crippen LogP) is 5.15. The van der Waals surface area contributed by atoms with Crippen LogP contribution in [0, 0.1) is 41.4 Å². The first-order chi connectivity index (χ1) is 11.6. The Morgan fingerprint density at radius 3 is 2.38 bits per heavy atom. The third kappa shape index (κ3) is 2.32. The van der Waals surface area contributed by atoms with Crippen LogP contribution in [0.3, 0.4) is 0 Å². The molecule has 0 aromatic heterocycles. The summed E-state index contributed by atoms with van der Waals surface area (Å²) in [4.78, 5) is 13.0. The first-order valence-electron chi connectivity index (χ1n) is 10.1. The molecule has 0 N–H and O–H groups in total. The molecule has 0 spiro atoms. The van der Waals surface area contributed by atoms with Crippen LogP contribution in [0.4, 0.5) is 0 Å². The highest BCUT2D eigenvalue weighted by Gasteiger charge is 2.61. The number of esters is 1. The molecule has 0 heterocycles. The summed E-state index contributed by atoms with van der Waals surface area (Å²) in [6.07, 6.45) is 13.3. The van der Waals surface area contributed by atoms with E-state index in [0.29, 0.717) is 29.6 Å². The zero-order valence-corrected chi connectivity index (χ0v) is 15.1. The van der Waals surface area contributed by atoms with Gasteiger partial charge in [0.05, 0.1) is 5.92 Å². The summed E-state index contributed by atoms with van der Waals surface area (Å²) in [5, 5.41) is 0. The zero-order chi connectivity index (χ0) is 16.9. The van der Waals surface area contributed by atoms with E-state index in [9.17, 15) is 4.79 Å². The van der Waals surface area contributed by atoms with Crippen molar-refractivity contribution in [2.24, 2.45) is 41.4 Å². The molecule has 2 heteroatoms. The second-order valence-corrected chi connectivity index (χ2v) is 8.86. The first kappa shape index (κ1) is 16.4. The highest BCUT2D eigenvalue weighted by atomic mass is 16.6. The van der Waals surface area contributed by atoms with Gasteiger partial charge in [-0.15, -0.1) is 13.2 Å². The van der Waals surface area contributed by atoms with Gasteiger partial charge in [0.2, 0.25) is 0 Å². The van der Waals surface area contributed by atoms with Crippen LogP contribution < -0.4 is 0 Å². The minimum atomic E-state index is -0.143. The molecule has 0 aromatic rings. The highest BCUT2D eigenvalue weighted by Crippen LogP contribution is 2.65. The van der Waals surface area contributed by atoms with E-state index in [2.05, 4.69) is 32.2 Å². The van der Waals surface area contributed by atoms with E-state index >= 15 is 0 Å². The molecule has 24 heavy (non-hydrogen) atoms. The van der Waals surface area contributed by atoms with Crippen molar-refractivity contribution in [1.82, 2.24) is 0 Å². The third-order valence-corrected chi connectivity index (χ3v) is 8.05. The zero-order valence-electron chi connectivity index (χ0n) is 15.1. The van der Waals surface area contributed by atoms with Gasteiger partial charge in [-0.1, -0.05) is 19.1 Å². The van der Waals surface area contributed by atoms with E-state index < -0.39 is 0 Å². The van der Waals surface area contributed by atoms with E-state index in [1.807, 2.05) is 0 Å². The number of hydrogen-bond acceptors (Lipinski definition) is 2. The summed E-state index contributed by atoms with van der Waals surface area (Å²) in [5.74, 6) is 4.06. The van der Waals surface area contributed by atoms with Crippen molar-refractivity contribution >= 4 is 5.97 Å². The topological polar surface area (TPSA) is 26.3 Å². The fourth-order valence-corrected chi connectivity index (χ4v) is 6.93. The summed E-state index contributed by atoms with van der Waals surface area (Å²) in [5.41, 5.74) is -0.143. The number of carbonyl (C=O) groups is 1. The lowest BCUT2D eigenvalue weighted by atomic mass is 9.71. The molecule has 0 aromatic carbocycles. The quantitative estimate of drug-likeness (QED) is 0.515. The average molecular weight is 328 g/mol. The second-order valence-electron chi connectivity index (χ2n) is 8.86. The van der Waals surface area contributed by atoms with Gasteiger partial charge in [-0.2, -0.15) is 0 Å².